The molecule has 1 saturated carbocycles. The summed E-state index contributed by atoms with van der Waals surface area (Å²) in [6.07, 6.45) is 8.29. The maximum Gasteiger partial charge on any atom is 0.220 e. The lowest BCUT2D eigenvalue weighted by molar-refractivity contribution is -0.122. The molecule has 1 unspecified atom stereocenters. The van der Waals surface area contributed by atoms with Gasteiger partial charge in [-0.1, -0.05) is 12.8 Å². The molecule has 3 heteroatoms. The molecule has 1 atom stereocenters. The third kappa shape index (κ3) is 3.21. The molecule has 2 aliphatic rings. The third-order valence-electron chi connectivity index (χ3n) is 4.08. The van der Waals surface area contributed by atoms with Crippen molar-refractivity contribution in [1.82, 2.24) is 10.6 Å². The molecule has 0 aromatic rings. The zero-order valence-electron chi connectivity index (χ0n) is 10.3. The minimum Gasteiger partial charge on any atom is -0.354 e. The maximum atomic E-state index is 11.8. The summed E-state index contributed by atoms with van der Waals surface area (Å²) in [5, 5.41) is 6.56. The first kappa shape index (κ1) is 11.9. The highest BCUT2D eigenvalue weighted by Gasteiger charge is 2.28. The number of hydrogen-bond donors (Lipinski definition) is 2. The van der Waals surface area contributed by atoms with Crippen molar-refractivity contribution in [3.8, 4) is 0 Å². The van der Waals surface area contributed by atoms with E-state index in [4.69, 9.17) is 0 Å². The van der Waals surface area contributed by atoms with Crippen LogP contribution in [0.4, 0.5) is 0 Å². The van der Waals surface area contributed by atoms with Gasteiger partial charge in [0.05, 0.1) is 0 Å². The lowest BCUT2D eigenvalue weighted by Crippen LogP contribution is -2.47. The smallest absolute Gasteiger partial charge is 0.220 e. The predicted molar refractivity (Wildman–Crippen MR) is 65.2 cm³/mol. The Morgan fingerprint density at radius 1 is 1.38 bits per heavy atom. The molecule has 0 bridgehead atoms. The summed E-state index contributed by atoms with van der Waals surface area (Å²) in [6, 6.07) is 0. The Balaban J connectivity index is 1.66. The van der Waals surface area contributed by atoms with Crippen LogP contribution in [0.25, 0.3) is 0 Å². The second-order valence-electron chi connectivity index (χ2n) is 5.72. The van der Waals surface area contributed by atoms with E-state index >= 15 is 0 Å². The van der Waals surface area contributed by atoms with Gasteiger partial charge in [0.1, 0.15) is 0 Å². The number of carbonyl (C=O) groups is 1. The summed E-state index contributed by atoms with van der Waals surface area (Å²) in [5.74, 6) is 0.908. The minimum atomic E-state index is 0.144. The summed E-state index contributed by atoms with van der Waals surface area (Å²) in [5.41, 5.74) is 0.144. The second-order valence-corrected chi connectivity index (χ2v) is 5.72. The molecule has 1 heterocycles. The van der Waals surface area contributed by atoms with Crippen molar-refractivity contribution in [2.75, 3.05) is 13.1 Å². The summed E-state index contributed by atoms with van der Waals surface area (Å²) >= 11 is 0. The number of nitrogens with one attached hydrogen (secondary N) is 2. The first-order chi connectivity index (χ1) is 7.68. The van der Waals surface area contributed by atoms with Gasteiger partial charge in [-0.3, -0.25) is 4.79 Å². The van der Waals surface area contributed by atoms with Crippen LogP contribution in [0.15, 0.2) is 0 Å². The summed E-state index contributed by atoms with van der Waals surface area (Å²) in [6.45, 7) is 4.09. The van der Waals surface area contributed by atoms with Gasteiger partial charge in [-0.25, -0.2) is 0 Å². The predicted octanol–water partition coefficient (Wildman–Crippen LogP) is 1.82. The third-order valence-corrected chi connectivity index (χ3v) is 4.08. The summed E-state index contributed by atoms with van der Waals surface area (Å²) in [4.78, 5) is 11.8. The first-order valence-corrected chi connectivity index (χ1v) is 6.70. The molecule has 1 amide bonds. The van der Waals surface area contributed by atoms with Gasteiger partial charge in [-0.2, -0.15) is 0 Å². The Morgan fingerprint density at radius 3 is 2.75 bits per heavy atom. The van der Waals surface area contributed by atoms with Crippen molar-refractivity contribution in [3.63, 3.8) is 0 Å². The SMILES string of the molecule is CC1(CNC(=O)CC2CCCC2)CCCN1. The van der Waals surface area contributed by atoms with Crippen LogP contribution in [0.1, 0.15) is 51.9 Å². The van der Waals surface area contributed by atoms with Crippen molar-refractivity contribution in [3.05, 3.63) is 0 Å². The number of rotatable bonds is 4. The molecule has 1 aliphatic heterocycles. The van der Waals surface area contributed by atoms with Gasteiger partial charge in [0.25, 0.3) is 0 Å². The normalized spacial score (nSPS) is 30.8. The van der Waals surface area contributed by atoms with E-state index in [0.29, 0.717) is 5.92 Å². The van der Waals surface area contributed by atoms with E-state index in [1.54, 1.807) is 0 Å². The molecule has 92 valence electrons. The van der Waals surface area contributed by atoms with Crippen LogP contribution in [0.3, 0.4) is 0 Å². The van der Waals surface area contributed by atoms with E-state index in [1.165, 1.54) is 38.5 Å². The van der Waals surface area contributed by atoms with Gasteiger partial charge in [0.15, 0.2) is 0 Å². The molecule has 0 aromatic carbocycles. The minimum absolute atomic E-state index is 0.144. The Bertz CT molecular complexity index is 240. The molecular formula is C13H24N2O. The quantitative estimate of drug-likeness (QED) is 0.765. The highest BCUT2D eigenvalue weighted by molar-refractivity contribution is 5.76. The van der Waals surface area contributed by atoms with E-state index in [9.17, 15) is 4.79 Å². The van der Waals surface area contributed by atoms with Crippen molar-refractivity contribution in [2.24, 2.45) is 5.92 Å². The molecule has 2 N–H and O–H groups in total. The van der Waals surface area contributed by atoms with E-state index in [0.717, 1.165) is 19.5 Å². The lowest BCUT2D eigenvalue weighted by Gasteiger charge is -2.24. The lowest BCUT2D eigenvalue weighted by atomic mass is 9.99. The molecule has 2 rings (SSSR count). The Kier molecular flexibility index (Phi) is 3.85. The molecule has 3 nitrogen and oxygen atoms in total. The van der Waals surface area contributed by atoms with Crippen LogP contribution in [-0.2, 0) is 4.79 Å². The highest BCUT2D eigenvalue weighted by Crippen LogP contribution is 2.27. The molecule has 16 heavy (non-hydrogen) atoms. The van der Waals surface area contributed by atoms with Crippen LogP contribution in [0, 0.1) is 5.92 Å². The van der Waals surface area contributed by atoms with Gasteiger partial charge in [0, 0.05) is 18.5 Å². The zero-order chi connectivity index (χ0) is 11.4. The molecule has 0 spiro atoms. The van der Waals surface area contributed by atoms with Gasteiger partial charge >= 0.3 is 0 Å². The van der Waals surface area contributed by atoms with E-state index in [-0.39, 0.29) is 11.4 Å². The van der Waals surface area contributed by atoms with Crippen LogP contribution in [-0.4, -0.2) is 24.5 Å². The largest absolute Gasteiger partial charge is 0.354 e. The molecule has 1 saturated heterocycles. The molecule has 1 aliphatic carbocycles. The van der Waals surface area contributed by atoms with Crippen molar-refractivity contribution < 1.29 is 4.79 Å². The van der Waals surface area contributed by atoms with E-state index < -0.39 is 0 Å². The van der Waals surface area contributed by atoms with Gasteiger partial charge < -0.3 is 10.6 Å². The zero-order valence-corrected chi connectivity index (χ0v) is 10.3. The molecular weight excluding hydrogens is 200 g/mol. The Labute approximate surface area is 98.4 Å². The van der Waals surface area contributed by atoms with E-state index in [1.807, 2.05) is 0 Å². The highest BCUT2D eigenvalue weighted by atomic mass is 16.1. The second kappa shape index (κ2) is 5.17. The first-order valence-electron chi connectivity index (χ1n) is 6.70. The van der Waals surface area contributed by atoms with Crippen LogP contribution < -0.4 is 10.6 Å². The standard InChI is InChI=1S/C13H24N2O/c1-13(7-4-8-15-13)10-14-12(16)9-11-5-2-3-6-11/h11,15H,2-10H2,1H3,(H,14,16). The average molecular weight is 224 g/mol. The number of hydrogen-bond acceptors (Lipinski definition) is 2. The molecule has 0 radical (unpaired) electrons. The fourth-order valence-corrected chi connectivity index (χ4v) is 2.95. The number of carbonyl (C=O) groups excluding carboxylic acids is 1. The number of amides is 1. The Morgan fingerprint density at radius 2 is 2.12 bits per heavy atom. The summed E-state index contributed by atoms with van der Waals surface area (Å²) < 4.78 is 0. The van der Waals surface area contributed by atoms with E-state index in [2.05, 4.69) is 17.6 Å². The van der Waals surface area contributed by atoms with Gasteiger partial charge in [0.2, 0.25) is 5.91 Å². The van der Waals surface area contributed by atoms with Crippen molar-refractivity contribution in [1.29, 1.82) is 0 Å². The topological polar surface area (TPSA) is 41.1 Å². The van der Waals surface area contributed by atoms with Crippen molar-refractivity contribution in [2.45, 2.75) is 57.4 Å². The van der Waals surface area contributed by atoms with Crippen LogP contribution in [0.2, 0.25) is 0 Å². The summed E-state index contributed by atoms with van der Waals surface area (Å²) in [7, 11) is 0. The fraction of sp³-hybridized carbons (Fsp3) is 0.923. The molecule has 2 fully saturated rings. The maximum absolute atomic E-state index is 11.8. The average Bonchev–Trinajstić information content (AvgIpc) is 2.88. The fourth-order valence-electron chi connectivity index (χ4n) is 2.95. The van der Waals surface area contributed by atoms with Crippen LogP contribution >= 0.6 is 0 Å². The molecule has 0 aromatic heterocycles. The van der Waals surface area contributed by atoms with Gasteiger partial charge in [-0.05, 0) is 45.1 Å². The van der Waals surface area contributed by atoms with Gasteiger partial charge in [-0.15, -0.1) is 0 Å². The van der Waals surface area contributed by atoms with Crippen molar-refractivity contribution >= 4 is 5.91 Å². The Hall–Kier alpha value is -0.570. The van der Waals surface area contributed by atoms with Crippen LogP contribution in [0.5, 0.6) is 0 Å². The monoisotopic (exact) mass is 224 g/mol.